The molecule has 0 bridgehead atoms. The maximum absolute atomic E-state index is 10.6. The van der Waals surface area contributed by atoms with E-state index in [0.29, 0.717) is 5.92 Å². The Bertz CT molecular complexity index is 452. The lowest BCUT2D eigenvalue weighted by molar-refractivity contribution is 0.128. The Balaban J connectivity index is 1.77. The van der Waals surface area contributed by atoms with Crippen LogP contribution >= 0.6 is 15.9 Å². The van der Waals surface area contributed by atoms with Gasteiger partial charge in [-0.2, -0.15) is 0 Å². The molecule has 1 unspecified atom stereocenters. The Labute approximate surface area is 123 Å². The van der Waals surface area contributed by atoms with Crippen molar-refractivity contribution < 1.29 is 9.84 Å². The van der Waals surface area contributed by atoms with Crippen LogP contribution in [0.5, 0.6) is 5.75 Å². The van der Waals surface area contributed by atoms with E-state index in [1.54, 1.807) is 0 Å². The standard InChI is InChI=1S/C16H21BrO2/c17-13-9-12-6-7-19-16(12)14(10-13)15(18)8-11-4-2-1-3-5-11/h9-11,15,18H,1-8H2. The first-order valence-corrected chi connectivity index (χ1v) is 8.16. The maximum atomic E-state index is 10.6. The summed E-state index contributed by atoms with van der Waals surface area (Å²) in [4.78, 5) is 0. The van der Waals surface area contributed by atoms with Gasteiger partial charge in [0.15, 0.2) is 0 Å². The predicted molar refractivity (Wildman–Crippen MR) is 79.5 cm³/mol. The van der Waals surface area contributed by atoms with Gasteiger partial charge in [-0.1, -0.05) is 48.0 Å². The molecule has 1 atom stereocenters. The summed E-state index contributed by atoms with van der Waals surface area (Å²) < 4.78 is 6.76. The van der Waals surface area contributed by atoms with Gasteiger partial charge in [-0.3, -0.25) is 0 Å². The molecule has 1 aliphatic heterocycles. The monoisotopic (exact) mass is 324 g/mol. The molecule has 2 aliphatic rings. The summed E-state index contributed by atoms with van der Waals surface area (Å²) in [5.74, 6) is 1.62. The molecule has 1 N–H and O–H groups in total. The Morgan fingerprint density at radius 1 is 1.26 bits per heavy atom. The average Bonchev–Trinajstić information content (AvgIpc) is 2.86. The zero-order valence-electron chi connectivity index (χ0n) is 11.2. The summed E-state index contributed by atoms with van der Waals surface area (Å²) in [5, 5.41) is 10.6. The molecule has 1 aliphatic carbocycles. The molecule has 3 heteroatoms. The zero-order valence-corrected chi connectivity index (χ0v) is 12.8. The molecule has 1 saturated carbocycles. The smallest absolute Gasteiger partial charge is 0.128 e. The van der Waals surface area contributed by atoms with Crippen LogP contribution in [0.2, 0.25) is 0 Å². The first-order chi connectivity index (χ1) is 9.24. The molecule has 1 heterocycles. The van der Waals surface area contributed by atoms with E-state index < -0.39 is 0 Å². The van der Waals surface area contributed by atoms with E-state index in [1.807, 2.05) is 6.07 Å². The highest BCUT2D eigenvalue weighted by atomic mass is 79.9. The molecular weight excluding hydrogens is 304 g/mol. The van der Waals surface area contributed by atoms with E-state index >= 15 is 0 Å². The maximum Gasteiger partial charge on any atom is 0.128 e. The van der Waals surface area contributed by atoms with Crippen LogP contribution in [-0.4, -0.2) is 11.7 Å². The van der Waals surface area contributed by atoms with Crippen LogP contribution in [0.3, 0.4) is 0 Å². The van der Waals surface area contributed by atoms with Gasteiger partial charge in [0.05, 0.1) is 12.7 Å². The summed E-state index contributed by atoms with van der Waals surface area (Å²) >= 11 is 3.54. The third-order valence-corrected chi connectivity index (χ3v) is 4.88. The Hall–Kier alpha value is -0.540. The molecule has 0 amide bonds. The van der Waals surface area contributed by atoms with Crippen LogP contribution in [0, 0.1) is 5.92 Å². The predicted octanol–water partition coefficient (Wildman–Crippen LogP) is 4.39. The number of rotatable bonds is 3. The lowest BCUT2D eigenvalue weighted by Crippen LogP contribution is -2.11. The van der Waals surface area contributed by atoms with Crippen molar-refractivity contribution in [3.63, 3.8) is 0 Å². The molecule has 0 aromatic heterocycles. The van der Waals surface area contributed by atoms with Crippen LogP contribution in [0.15, 0.2) is 16.6 Å². The fraction of sp³-hybridized carbons (Fsp3) is 0.625. The fourth-order valence-electron chi connectivity index (χ4n) is 3.41. The Morgan fingerprint density at radius 3 is 2.84 bits per heavy atom. The van der Waals surface area contributed by atoms with Crippen LogP contribution in [0.1, 0.15) is 55.8 Å². The summed E-state index contributed by atoms with van der Waals surface area (Å²) in [6, 6.07) is 4.14. The van der Waals surface area contributed by atoms with E-state index in [2.05, 4.69) is 22.0 Å². The van der Waals surface area contributed by atoms with Gasteiger partial charge in [0.1, 0.15) is 5.75 Å². The molecule has 0 saturated heterocycles. The molecule has 3 rings (SSSR count). The Kier molecular flexibility index (Phi) is 4.13. The van der Waals surface area contributed by atoms with Crippen molar-refractivity contribution in [3.8, 4) is 5.75 Å². The highest BCUT2D eigenvalue weighted by molar-refractivity contribution is 9.10. The Morgan fingerprint density at radius 2 is 2.05 bits per heavy atom. The number of ether oxygens (including phenoxy) is 1. The number of aliphatic hydroxyl groups excluding tert-OH is 1. The van der Waals surface area contributed by atoms with Crippen molar-refractivity contribution in [2.75, 3.05) is 6.61 Å². The molecule has 0 radical (unpaired) electrons. The lowest BCUT2D eigenvalue weighted by Gasteiger charge is -2.25. The zero-order chi connectivity index (χ0) is 13.2. The molecule has 2 nitrogen and oxygen atoms in total. The molecule has 0 spiro atoms. The van der Waals surface area contributed by atoms with E-state index in [-0.39, 0.29) is 6.10 Å². The van der Waals surface area contributed by atoms with Crippen LogP contribution in [0.25, 0.3) is 0 Å². The average molecular weight is 325 g/mol. The molecule has 1 fully saturated rings. The summed E-state index contributed by atoms with van der Waals surface area (Å²) in [5.41, 5.74) is 2.21. The highest BCUT2D eigenvalue weighted by Gasteiger charge is 2.25. The van der Waals surface area contributed by atoms with Gasteiger partial charge >= 0.3 is 0 Å². The van der Waals surface area contributed by atoms with Crippen molar-refractivity contribution >= 4 is 15.9 Å². The fourth-order valence-corrected chi connectivity index (χ4v) is 3.93. The topological polar surface area (TPSA) is 29.5 Å². The molecule has 1 aromatic rings. The van der Waals surface area contributed by atoms with Gasteiger partial charge in [0, 0.05) is 16.5 Å². The molecule has 104 valence electrons. The molecule has 19 heavy (non-hydrogen) atoms. The van der Waals surface area contributed by atoms with E-state index in [9.17, 15) is 5.11 Å². The highest BCUT2D eigenvalue weighted by Crippen LogP contribution is 2.40. The summed E-state index contributed by atoms with van der Waals surface area (Å²) in [7, 11) is 0. The third-order valence-electron chi connectivity index (χ3n) is 4.42. The third kappa shape index (κ3) is 2.97. The molecular formula is C16H21BrO2. The number of benzene rings is 1. The van der Waals surface area contributed by atoms with Gasteiger partial charge < -0.3 is 9.84 Å². The van der Waals surface area contributed by atoms with E-state index in [0.717, 1.165) is 35.2 Å². The van der Waals surface area contributed by atoms with Crippen LogP contribution in [0.4, 0.5) is 0 Å². The summed E-state index contributed by atoms with van der Waals surface area (Å²) in [6.07, 6.45) is 8.01. The van der Waals surface area contributed by atoms with Crippen LogP contribution in [-0.2, 0) is 6.42 Å². The van der Waals surface area contributed by atoms with Crippen molar-refractivity contribution in [3.05, 3.63) is 27.7 Å². The van der Waals surface area contributed by atoms with E-state index in [1.165, 1.54) is 37.7 Å². The second-order valence-electron chi connectivity index (χ2n) is 5.84. The van der Waals surface area contributed by atoms with Gasteiger partial charge in [-0.15, -0.1) is 0 Å². The normalized spacial score (nSPS) is 20.9. The second-order valence-corrected chi connectivity index (χ2v) is 6.75. The second kappa shape index (κ2) is 5.84. The minimum atomic E-state index is -0.382. The SMILES string of the molecule is OC(CC1CCCCC1)c1cc(Br)cc2c1OCC2. The van der Waals surface area contributed by atoms with Crippen molar-refractivity contribution in [1.29, 1.82) is 0 Å². The van der Waals surface area contributed by atoms with E-state index in [4.69, 9.17) is 4.74 Å². The number of halogens is 1. The number of fused-ring (bicyclic) bond motifs is 1. The number of aliphatic hydroxyl groups is 1. The number of hydrogen-bond donors (Lipinski definition) is 1. The van der Waals surface area contributed by atoms with Gasteiger partial charge in [-0.25, -0.2) is 0 Å². The first-order valence-electron chi connectivity index (χ1n) is 7.37. The van der Waals surface area contributed by atoms with Crippen molar-refractivity contribution in [1.82, 2.24) is 0 Å². The number of hydrogen-bond acceptors (Lipinski definition) is 2. The minimum absolute atomic E-state index is 0.382. The van der Waals surface area contributed by atoms with Crippen molar-refractivity contribution in [2.45, 2.75) is 51.0 Å². The summed E-state index contributed by atoms with van der Waals surface area (Å²) in [6.45, 7) is 0.745. The largest absolute Gasteiger partial charge is 0.493 e. The quantitative estimate of drug-likeness (QED) is 0.893. The lowest BCUT2D eigenvalue weighted by atomic mass is 9.84. The molecule has 1 aromatic carbocycles. The van der Waals surface area contributed by atoms with Crippen LogP contribution < -0.4 is 4.74 Å². The van der Waals surface area contributed by atoms with Gasteiger partial charge in [-0.05, 0) is 30.0 Å². The van der Waals surface area contributed by atoms with Gasteiger partial charge in [0.25, 0.3) is 0 Å². The van der Waals surface area contributed by atoms with Crippen molar-refractivity contribution in [2.24, 2.45) is 5.92 Å². The minimum Gasteiger partial charge on any atom is -0.493 e. The first kappa shape index (κ1) is 13.4. The van der Waals surface area contributed by atoms with Gasteiger partial charge in [0.2, 0.25) is 0 Å².